The number of nitrogens with one attached hydrogen (secondary N) is 2. The number of carbonyl (C=O) groups excluding carboxylic acids is 1. The van der Waals surface area contributed by atoms with Gasteiger partial charge in [-0.05, 0) is 12.1 Å². The molecule has 0 aliphatic heterocycles. The predicted molar refractivity (Wildman–Crippen MR) is 85.1 cm³/mol. The average molecular weight is 363 g/mol. The van der Waals surface area contributed by atoms with Gasteiger partial charge in [-0.25, -0.2) is 9.97 Å². The molecule has 134 valence electrons. The number of aromatic nitrogens is 5. The van der Waals surface area contributed by atoms with Gasteiger partial charge in [0.05, 0.1) is 11.3 Å². The van der Waals surface area contributed by atoms with Crippen molar-refractivity contribution in [2.45, 2.75) is 6.18 Å². The van der Waals surface area contributed by atoms with Crippen molar-refractivity contribution in [3.63, 3.8) is 0 Å². The van der Waals surface area contributed by atoms with Crippen molar-refractivity contribution in [3.05, 3.63) is 54.2 Å². The SMILES string of the molecule is CNC(=O)c1ccccc1Nc1nc(-n2cncn2)ncc1C(F)(F)F. The van der Waals surface area contributed by atoms with E-state index in [1.165, 1.54) is 31.8 Å². The summed E-state index contributed by atoms with van der Waals surface area (Å²) in [4.78, 5) is 23.2. The second-order valence-electron chi connectivity index (χ2n) is 5.02. The third kappa shape index (κ3) is 3.45. The van der Waals surface area contributed by atoms with Gasteiger partial charge >= 0.3 is 6.18 Å². The first-order valence-corrected chi connectivity index (χ1v) is 7.27. The molecule has 0 saturated carbocycles. The van der Waals surface area contributed by atoms with E-state index < -0.39 is 23.5 Å². The minimum Gasteiger partial charge on any atom is -0.355 e. The number of carbonyl (C=O) groups is 1. The topological polar surface area (TPSA) is 97.6 Å². The van der Waals surface area contributed by atoms with Gasteiger partial charge in [0.2, 0.25) is 0 Å². The quantitative estimate of drug-likeness (QED) is 0.737. The lowest BCUT2D eigenvalue weighted by molar-refractivity contribution is -0.137. The summed E-state index contributed by atoms with van der Waals surface area (Å²) in [6.07, 6.45) is -1.58. The Balaban J connectivity index is 2.09. The molecule has 0 unspecified atom stereocenters. The maximum atomic E-state index is 13.3. The second kappa shape index (κ2) is 6.78. The Morgan fingerprint density at radius 3 is 2.65 bits per heavy atom. The molecule has 1 amide bonds. The van der Waals surface area contributed by atoms with E-state index in [-0.39, 0.29) is 17.2 Å². The summed E-state index contributed by atoms with van der Waals surface area (Å²) in [5, 5.41) is 8.79. The number of hydrogen-bond donors (Lipinski definition) is 2. The van der Waals surface area contributed by atoms with Crippen LogP contribution in [0.1, 0.15) is 15.9 Å². The van der Waals surface area contributed by atoms with Crippen LogP contribution in [0.2, 0.25) is 0 Å². The van der Waals surface area contributed by atoms with Gasteiger partial charge in [0.25, 0.3) is 11.9 Å². The van der Waals surface area contributed by atoms with Crippen molar-refractivity contribution in [1.82, 2.24) is 30.0 Å². The monoisotopic (exact) mass is 363 g/mol. The van der Waals surface area contributed by atoms with Gasteiger partial charge in [-0.2, -0.15) is 27.9 Å². The number of hydrogen-bond acceptors (Lipinski definition) is 6. The highest BCUT2D eigenvalue weighted by molar-refractivity contribution is 6.00. The zero-order valence-electron chi connectivity index (χ0n) is 13.3. The van der Waals surface area contributed by atoms with Crippen LogP contribution >= 0.6 is 0 Å². The number of benzene rings is 1. The first-order chi connectivity index (χ1) is 12.4. The normalized spacial score (nSPS) is 11.2. The van der Waals surface area contributed by atoms with Crippen LogP contribution in [0.3, 0.4) is 0 Å². The van der Waals surface area contributed by atoms with Crippen molar-refractivity contribution in [1.29, 1.82) is 0 Å². The highest BCUT2D eigenvalue weighted by Crippen LogP contribution is 2.35. The van der Waals surface area contributed by atoms with Crippen LogP contribution in [-0.2, 0) is 6.18 Å². The molecular formula is C15H12F3N7O. The predicted octanol–water partition coefficient (Wildman–Crippen LogP) is 2.18. The molecule has 8 nitrogen and oxygen atoms in total. The number of nitrogens with zero attached hydrogens (tertiary/aromatic N) is 5. The first kappa shape index (κ1) is 17.3. The Hall–Kier alpha value is -3.50. The molecule has 0 aliphatic carbocycles. The fourth-order valence-corrected chi connectivity index (χ4v) is 2.15. The van der Waals surface area contributed by atoms with Crippen molar-refractivity contribution in [3.8, 4) is 5.95 Å². The number of alkyl halides is 3. The summed E-state index contributed by atoms with van der Waals surface area (Å²) in [5.41, 5.74) is -0.738. The minimum absolute atomic E-state index is 0.101. The van der Waals surface area contributed by atoms with Gasteiger partial charge in [0, 0.05) is 13.2 Å². The Morgan fingerprint density at radius 2 is 2.00 bits per heavy atom. The van der Waals surface area contributed by atoms with E-state index in [4.69, 9.17) is 0 Å². The molecule has 1 aromatic carbocycles. The molecule has 2 aromatic heterocycles. The molecular weight excluding hydrogens is 351 g/mol. The van der Waals surface area contributed by atoms with Gasteiger partial charge in [0.15, 0.2) is 0 Å². The van der Waals surface area contributed by atoms with Crippen LogP contribution in [0.15, 0.2) is 43.1 Å². The lowest BCUT2D eigenvalue weighted by atomic mass is 10.1. The Labute approximate surface area is 145 Å². The van der Waals surface area contributed by atoms with Crippen molar-refractivity contribution >= 4 is 17.4 Å². The summed E-state index contributed by atoms with van der Waals surface area (Å²) < 4.78 is 41.1. The largest absolute Gasteiger partial charge is 0.421 e. The average Bonchev–Trinajstić information content (AvgIpc) is 3.15. The van der Waals surface area contributed by atoms with Crippen molar-refractivity contribution in [2.75, 3.05) is 12.4 Å². The minimum atomic E-state index is -4.69. The molecule has 0 spiro atoms. The van der Waals surface area contributed by atoms with Crippen LogP contribution < -0.4 is 10.6 Å². The molecule has 3 rings (SSSR count). The van der Waals surface area contributed by atoms with Crippen LogP contribution in [0, 0.1) is 0 Å². The molecule has 0 saturated heterocycles. The van der Waals surface area contributed by atoms with E-state index in [9.17, 15) is 18.0 Å². The van der Waals surface area contributed by atoms with E-state index in [0.717, 1.165) is 4.68 Å². The first-order valence-electron chi connectivity index (χ1n) is 7.27. The highest BCUT2D eigenvalue weighted by atomic mass is 19.4. The zero-order chi connectivity index (χ0) is 18.7. The van der Waals surface area contributed by atoms with E-state index in [1.54, 1.807) is 12.1 Å². The molecule has 0 atom stereocenters. The van der Waals surface area contributed by atoms with Gasteiger partial charge in [-0.1, -0.05) is 12.1 Å². The third-order valence-corrected chi connectivity index (χ3v) is 3.36. The van der Waals surface area contributed by atoms with Crippen LogP contribution in [0.4, 0.5) is 24.7 Å². The van der Waals surface area contributed by atoms with Crippen LogP contribution in [0.5, 0.6) is 0 Å². The molecule has 26 heavy (non-hydrogen) atoms. The number of rotatable bonds is 4. The van der Waals surface area contributed by atoms with E-state index in [1.807, 2.05) is 0 Å². The Bertz CT molecular complexity index is 925. The summed E-state index contributed by atoms with van der Waals surface area (Å²) >= 11 is 0. The van der Waals surface area contributed by atoms with Crippen LogP contribution in [0.25, 0.3) is 5.95 Å². The fourth-order valence-electron chi connectivity index (χ4n) is 2.15. The molecule has 0 bridgehead atoms. The standard InChI is InChI=1S/C15H12F3N7O/c1-19-13(26)9-4-2-3-5-11(9)23-12-10(15(16,17)18)6-21-14(24-12)25-8-20-7-22-25/h2-8H,1H3,(H,19,26)(H,21,23,24). The number of anilines is 2. The molecule has 0 fully saturated rings. The van der Waals surface area contributed by atoms with Gasteiger partial charge in [-0.15, -0.1) is 0 Å². The van der Waals surface area contributed by atoms with E-state index in [0.29, 0.717) is 6.20 Å². The maximum absolute atomic E-state index is 13.3. The van der Waals surface area contributed by atoms with Gasteiger partial charge < -0.3 is 10.6 Å². The Morgan fingerprint density at radius 1 is 1.23 bits per heavy atom. The summed E-state index contributed by atoms with van der Waals surface area (Å²) in [6, 6.07) is 6.14. The van der Waals surface area contributed by atoms with Crippen LogP contribution in [-0.4, -0.2) is 37.7 Å². The number of halogens is 3. The van der Waals surface area contributed by atoms with Gasteiger partial charge in [-0.3, -0.25) is 4.79 Å². The van der Waals surface area contributed by atoms with E-state index >= 15 is 0 Å². The highest BCUT2D eigenvalue weighted by Gasteiger charge is 2.35. The Kier molecular flexibility index (Phi) is 4.52. The summed E-state index contributed by atoms with van der Waals surface area (Å²) in [5.74, 6) is -1.06. The van der Waals surface area contributed by atoms with E-state index in [2.05, 4.69) is 30.7 Å². The molecule has 2 N–H and O–H groups in total. The number of amides is 1. The molecule has 11 heteroatoms. The van der Waals surface area contributed by atoms with Gasteiger partial charge in [0.1, 0.15) is 24.0 Å². The molecule has 2 heterocycles. The second-order valence-corrected chi connectivity index (χ2v) is 5.02. The number of para-hydroxylation sites is 1. The fraction of sp³-hybridized carbons (Fsp3) is 0.133. The molecule has 0 radical (unpaired) electrons. The summed E-state index contributed by atoms with van der Waals surface area (Å²) in [6.45, 7) is 0. The smallest absolute Gasteiger partial charge is 0.355 e. The lowest BCUT2D eigenvalue weighted by Crippen LogP contribution is -2.20. The lowest BCUT2D eigenvalue weighted by Gasteiger charge is -2.16. The third-order valence-electron chi connectivity index (χ3n) is 3.36. The molecule has 0 aliphatic rings. The summed E-state index contributed by atoms with van der Waals surface area (Å²) in [7, 11) is 1.42. The maximum Gasteiger partial charge on any atom is 0.421 e. The van der Waals surface area contributed by atoms with Crippen molar-refractivity contribution in [2.24, 2.45) is 0 Å². The molecule has 3 aromatic rings. The van der Waals surface area contributed by atoms with Crippen molar-refractivity contribution < 1.29 is 18.0 Å². The zero-order valence-corrected chi connectivity index (χ0v) is 13.3.